The fourth-order valence-corrected chi connectivity index (χ4v) is 2.68. The number of aliphatic hydroxyl groups is 1. The van der Waals surface area contributed by atoms with Crippen molar-refractivity contribution in [2.45, 2.75) is 11.8 Å². The first kappa shape index (κ1) is 16.0. The van der Waals surface area contributed by atoms with Crippen molar-refractivity contribution >= 4 is 21.7 Å². The molecule has 0 amide bonds. The summed E-state index contributed by atoms with van der Waals surface area (Å²) in [6.07, 6.45) is 0. The Balaban J connectivity index is 2.80. The van der Waals surface area contributed by atoms with Crippen LogP contribution in [0.4, 0.5) is 5.69 Å². The van der Waals surface area contributed by atoms with E-state index in [0.717, 1.165) is 12.1 Å². The third-order valence-corrected chi connectivity index (χ3v) is 3.66. The highest BCUT2D eigenvalue weighted by Gasteiger charge is 2.23. The summed E-state index contributed by atoms with van der Waals surface area (Å²) in [5.41, 5.74) is 0.0723. The first-order valence-electron chi connectivity index (χ1n) is 5.32. The van der Waals surface area contributed by atoms with Crippen LogP contribution in [0.25, 0.3) is 0 Å². The van der Waals surface area contributed by atoms with E-state index in [4.69, 9.17) is 10.2 Å². The Morgan fingerprint density at radius 3 is 2.30 bits per heavy atom. The van der Waals surface area contributed by atoms with Gasteiger partial charge >= 0.3 is 5.97 Å². The van der Waals surface area contributed by atoms with Crippen LogP contribution in [0.5, 0.6) is 0 Å². The van der Waals surface area contributed by atoms with Crippen LogP contribution in [0.2, 0.25) is 0 Å². The molecule has 10 heteroatoms. The van der Waals surface area contributed by atoms with Gasteiger partial charge < -0.3 is 10.2 Å². The molecule has 110 valence electrons. The second kappa shape index (κ2) is 6.41. The maximum Gasteiger partial charge on any atom is 0.324 e. The van der Waals surface area contributed by atoms with Crippen LogP contribution in [0.15, 0.2) is 24.3 Å². The second-order valence-corrected chi connectivity index (χ2v) is 5.63. The van der Waals surface area contributed by atoms with Crippen LogP contribution in [0, 0.1) is 10.1 Å². The summed E-state index contributed by atoms with van der Waals surface area (Å²) in [7, 11) is -3.98. The van der Waals surface area contributed by atoms with Gasteiger partial charge in [-0.05, 0) is 5.56 Å². The highest BCUT2D eigenvalue weighted by molar-refractivity contribution is 7.88. The first-order chi connectivity index (χ1) is 9.25. The van der Waals surface area contributed by atoms with Crippen LogP contribution < -0.4 is 4.72 Å². The quantitative estimate of drug-likeness (QED) is 0.452. The number of aliphatic hydroxyl groups excluding tert-OH is 1. The molecule has 20 heavy (non-hydrogen) atoms. The van der Waals surface area contributed by atoms with Crippen LogP contribution in [-0.2, 0) is 20.6 Å². The number of hydrogen-bond donors (Lipinski definition) is 3. The number of carboxylic acids is 1. The number of aliphatic carboxylic acids is 1. The van der Waals surface area contributed by atoms with E-state index in [2.05, 4.69) is 0 Å². The van der Waals surface area contributed by atoms with Crippen molar-refractivity contribution < 1.29 is 28.3 Å². The summed E-state index contributed by atoms with van der Waals surface area (Å²) in [6, 6.07) is 3.17. The number of benzene rings is 1. The Hall–Kier alpha value is -2.04. The van der Waals surface area contributed by atoms with Crippen LogP contribution in [-0.4, -0.2) is 42.2 Å². The summed E-state index contributed by atoms with van der Waals surface area (Å²) in [5, 5.41) is 27.8. The Morgan fingerprint density at radius 1 is 1.35 bits per heavy atom. The van der Waals surface area contributed by atoms with E-state index in [0.29, 0.717) is 0 Å². The van der Waals surface area contributed by atoms with E-state index < -0.39 is 39.3 Å². The zero-order valence-corrected chi connectivity index (χ0v) is 10.9. The summed E-state index contributed by atoms with van der Waals surface area (Å²) in [5.74, 6) is -2.05. The van der Waals surface area contributed by atoms with Crippen LogP contribution in [0.1, 0.15) is 5.56 Å². The molecule has 1 aromatic rings. The maximum absolute atomic E-state index is 11.7. The zero-order chi connectivity index (χ0) is 15.3. The molecule has 9 nitrogen and oxygen atoms in total. The fraction of sp³-hybridized carbons (Fsp3) is 0.300. The molecule has 3 N–H and O–H groups in total. The van der Waals surface area contributed by atoms with Gasteiger partial charge in [-0.25, -0.2) is 8.42 Å². The third-order valence-electron chi connectivity index (χ3n) is 2.31. The molecule has 0 aromatic heterocycles. The molecule has 0 spiro atoms. The molecule has 0 fully saturated rings. The van der Waals surface area contributed by atoms with Crippen molar-refractivity contribution in [1.82, 2.24) is 4.72 Å². The Kier molecular flexibility index (Phi) is 5.13. The zero-order valence-electron chi connectivity index (χ0n) is 10.1. The highest BCUT2D eigenvalue weighted by Crippen LogP contribution is 2.13. The average Bonchev–Trinajstić information content (AvgIpc) is 2.35. The van der Waals surface area contributed by atoms with Gasteiger partial charge in [0.2, 0.25) is 10.0 Å². The van der Waals surface area contributed by atoms with E-state index >= 15 is 0 Å². The first-order valence-corrected chi connectivity index (χ1v) is 6.97. The van der Waals surface area contributed by atoms with Gasteiger partial charge in [0, 0.05) is 12.1 Å². The lowest BCUT2D eigenvalue weighted by molar-refractivity contribution is -0.384. The van der Waals surface area contributed by atoms with E-state index in [1.807, 2.05) is 4.72 Å². The number of carboxylic acid groups (broad SMARTS) is 1. The predicted octanol–water partition coefficient (Wildman–Crippen LogP) is -0.540. The molecule has 0 aliphatic rings. The summed E-state index contributed by atoms with van der Waals surface area (Å²) < 4.78 is 25.2. The normalized spacial score (nSPS) is 12.8. The lowest BCUT2D eigenvalue weighted by Crippen LogP contribution is -2.43. The van der Waals surface area contributed by atoms with Crippen molar-refractivity contribution in [1.29, 1.82) is 0 Å². The van der Waals surface area contributed by atoms with Gasteiger partial charge in [-0.15, -0.1) is 0 Å². The molecule has 0 saturated carbocycles. The molecule has 0 heterocycles. The van der Waals surface area contributed by atoms with Crippen molar-refractivity contribution in [2.24, 2.45) is 0 Å². The topological polar surface area (TPSA) is 147 Å². The average molecular weight is 304 g/mol. The molecule has 0 radical (unpaired) electrons. The molecule has 1 rings (SSSR count). The lowest BCUT2D eigenvalue weighted by Gasteiger charge is -2.12. The van der Waals surface area contributed by atoms with Gasteiger partial charge in [0.15, 0.2) is 0 Å². The number of nitro benzene ring substituents is 1. The molecular formula is C10H12N2O7S. The number of nitrogens with one attached hydrogen (secondary N) is 1. The number of rotatable bonds is 7. The molecule has 0 bridgehead atoms. The molecule has 0 unspecified atom stereocenters. The maximum atomic E-state index is 11.7. The van der Waals surface area contributed by atoms with E-state index in [-0.39, 0.29) is 11.3 Å². The predicted molar refractivity (Wildman–Crippen MR) is 67.4 cm³/mol. The molecule has 1 atom stereocenters. The van der Waals surface area contributed by atoms with E-state index in [9.17, 15) is 23.3 Å². The summed E-state index contributed by atoms with van der Waals surface area (Å²) in [4.78, 5) is 20.4. The lowest BCUT2D eigenvalue weighted by atomic mass is 10.2. The number of nitrogens with zero attached hydrogens (tertiary/aromatic N) is 1. The van der Waals surface area contributed by atoms with Crippen LogP contribution >= 0.6 is 0 Å². The van der Waals surface area contributed by atoms with Crippen molar-refractivity contribution in [3.05, 3.63) is 39.9 Å². The summed E-state index contributed by atoms with van der Waals surface area (Å²) >= 11 is 0. The van der Waals surface area contributed by atoms with Crippen molar-refractivity contribution in [3.8, 4) is 0 Å². The highest BCUT2D eigenvalue weighted by atomic mass is 32.2. The Bertz CT molecular complexity index is 597. The van der Waals surface area contributed by atoms with Gasteiger partial charge in [0.05, 0.1) is 17.3 Å². The van der Waals surface area contributed by atoms with Crippen LogP contribution in [0.3, 0.4) is 0 Å². The fourth-order valence-electron chi connectivity index (χ4n) is 1.36. The van der Waals surface area contributed by atoms with Gasteiger partial charge in [-0.3, -0.25) is 14.9 Å². The Labute approximate surface area is 114 Å². The number of carbonyl (C=O) groups is 1. The van der Waals surface area contributed by atoms with E-state index in [1.165, 1.54) is 12.1 Å². The van der Waals surface area contributed by atoms with Gasteiger partial charge in [-0.2, -0.15) is 4.72 Å². The van der Waals surface area contributed by atoms with Gasteiger partial charge in [0.1, 0.15) is 6.04 Å². The van der Waals surface area contributed by atoms with Gasteiger partial charge in [-0.1, -0.05) is 12.1 Å². The third kappa shape index (κ3) is 4.57. The number of sulfonamides is 1. The summed E-state index contributed by atoms with van der Waals surface area (Å²) in [6.45, 7) is -0.880. The monoisotopic (exact) mass is 304 g/mol. The standard InChI is InChI=1S/C10H12N2O7S/c13-5-9(10(14)15)11-20(18,19)6-7-1-3-8(4-2-7)12(16)17/h1-4,9,11,13H,5-6H2,(H,14,15)/t9-/m0/s1. The van der Waals surface area contributed by atoms with E-state index in [1.54, 1.807) is 0 Å². The molecule has 0 aliphatic heterocycles. The minimum atomic E-state index is -3.98. The number of hydrogen-bond acceptors (Lipinski definition) is 6. The molecule has 0 saturated heterocycles. The van der Waals surface area contributed by atoms with Gasteiger partial charge in [0.25, 0.3) is 5.69 Å². The minimum absolute atomic E-state index is 0.183. The minimum Gasteiger partial charge on any atom is -0.480 e. The molecular weight excluding hydrogens is 292 g/mol. The van der Waals surface area contributed by atoms with Crippen molar-refractivity contribution in [2.75, 3.05) is 6.61 Å². The SMILES string of the molecule is O=C(O)[C@H](CO)NS(=O)(=O)Cc1ccc([N+](=O)[O-])cc1. The molecule has 1 aromatic carbocycles. The smallest absolute Gasteiger partial charge is 0.324 e. The van der Waals surface area contributed by atoms with Crippen molar-refractivity contribution in [3.63, 3.8) is 0 Å². The number of nitro groups is 1. The number of non-ortho nitro benzene ring substituents is 1. The largest absolute Gasteiger partial charge is 0.480 e. The Morgan fingerprint density at radius 2 is 1.90 bits per heavy atom. The molecule has 0 aliphatic carbocycles. The second-order valence-electron chi connectivity index (χ2n) is 3.87.